The van der Waals surface area contributed by atoms with Gasteiger partial charge in [0.1, 0.15) is 5.82 Å². The summed E-state index contributed by atoms with van der Waals surface area (Å²) in [6, 6.07) is 3.38. The maximum Gasteiger partial charge on any atom is 0.221 e. The molecule has 0 aliphatic rings. The second-order valence-corrected chi connectivity index (χ2v) is 5.58. The Bertz CT molecular complexity index is 599. The summed E-state index contributed by atoms with van der Waals surface area (Å²) in [7, 11) is 1.58. The van der Waals surface area contributed by atoms with Crippen molar-refractivity contribution < 1.29 is 9.13 Å². The highest BCUT2D eigenvalue weighted by Gasteiger charge is 2.20. The van der Waals surface area contributed by atoms with E-state index in [2.05, 4.69) is 25.8 Å². The van der Waals surface area contributed by atoms with Crippen LogP contribution in [-0.4, -0.2) is 12.1 Å². The van der Waals surface area contributed by atoms with Crippen LogP contribution in [0.4, 0.5) is 4.39 Å². The third-order valence-corrected chi connectivity index (χ3v) is 3.13. The van der Waals surface area contributed by atoms with Gasteiger partial charge in [-0.3, -0.25) is 0 Å². The zero-order valence-electron chi connectivity index (χ0n) is 11.5. The van der Waals surface area contributed by atoms with Gasteiger partial charge in [-0.1, -0.05) is 20.8 Å². The Labute approximate surface area is 107 Å². The molecular formula is C15H18FNO. The highest BCUT2D eigenvalue weighted by atomic mass is 19.1. The van der Waals surface area contributed by atoms with Crippen molar-refractivity contribution >= 4 is 10.8 Å². The molecule has 96 valence electrons. The second-order valence-electron chi connectivity index (χ2n) is 5.58. The molecule has 18 heavy (non-hydrogen) atoms. The average Bonchev–Trinajstić information content (AvgIpc) is 2.28. The number of aromatic nitrogens is 1. The van der Waals surface area contributed by atoms with E-state index in [0.717, 1.165) is 16.3 Å². The lowest BCUT2D eigenvalue weighted by atomic mass is 9.85. The van der Waals surface area contributed by atoms with E-state index in [1.54, 1.807) is 32.4 Å². The first-order valence-corrected chi connectivity index (χ1v) is 5.98. The second kappa shape index (κ2) is 4.23. The van der Waals surface area contributed by atoms with Gasteiger partial charge in [0.2, 0.25) is 5.88 Å². The van der Waals surface area contributed by atoms with Crippen molar-refractivity contribution in [3.05, 3.63) is 35.3 Å². The lowest BCUT2D eigenvalue weighted by Crippen LogP contribution is -2.12. The SMILES string of the molecule is COc1ncc(C(C)(C)C)c2cc(F)c(C)cc12. The van der Waals surface area contributed by atoms with E-state index in [0.29, 0.717) is 11.4 Å². The van der Waals surface area contributed by atoms with Crippen molar-refractivity contribution in [3.63, 3.8) is 0 Å². The van der Waals surface area contributed by atoms with Crippen molar-refractivity contribution in [1.29, 1.82) is 0 Å². The number of rotatable bonds is 1. The summed E-state index contributed by atoms with van der Waals surface area (Å²) in [6.07, 6.45) is 1.77. The molecule has 2 nitrogen and oxygen atoms in total. The van der Waals surface area contributed by atoms with Crippen LogP contribution in [0.3, 0.4) is 0 Å². The van der Waals surface area contributed by atoms with Crippen LogP contribution < -0.4 is 4.74 Å². The Morgan fingerprint density at radius 1 is 1.17 bits per heavy atom. The summed E-state index contributed by atoms with van der Waals surface area (Å²) in [5.41, 5.74) is 1.55. The van der Waals surface area contributed by atoms with E-state index in [1.807, 2.05) is 0 Å². The molecule has 0 saturated carbocycles. The minimum Gasteiger partial charge on any atom is -0.481 e. The smallest absolute Gasteiger partial charge is 0.221 e. The van der Waals surface area contributed by atoms with Crippen LogP contribution in [0.25, 0.3) is 10.8 Å². The maximum atomic E-state index is 13.8. The van der Waals surface area contributed by atoms with Gasteiger partial charge in [-0.25, -0.2) is 9.37 Å². The van der Waals surface area contributed by atoms with Crippen LogP contribution in [0.15, 0.2) is 18.3 Å². The van der Waals surface area contributed by atoms with Crippen LogP contribution in [0.5, 0.6) is 5.88 Å². The summed E-state index contributed by atoms with van der Waals surface area (Å²) >= 11 is 0. The molecule has 0 aliphatic heterocycles. The van der Waals surface area contributed by atoms with Crippen molar-refractivity contribution in [1.82, 2.24) is 4.98 Å². The number of ether oxygens (including phenoxy) is 1. The van der Waals surface area contributed by atoms with Crippen molar-refractivity contribution in [3.8, 4) is 5.88 Å². The summed E-state index contributed by atoms with van der Waals surface area (Å²) < 4.78 is 19.0. The normalized spacial score (nSPS) is 11.9. The number of nitrogens with zero attached hydrogens (tertiary/aromatic N) is 1. The van der Waals surface area contributed by atoms with Gasteiger partial charge in [0, 0.05) is 11.6 Å². The highest BCUT2D eigenvalue weighted by Crippen LogP contribution is 2.34. The highest BCUT2D eigenvalue weighted by molar-refractivity contribution is 5.90. The zero-order chi connectivity index (χ0) is 13.5. The Kier molecular flexibility index (Phi) is 3.01. The van der Waals surface area contributed by atoms with E-state index in [4.69, 9.17) is 4.74 Å². The van der Waals surface area contributed by atoms with Gasteiger partial charge >= 0.3 is 0 Å². The molecule has 0 unspecified atom stereocenters. The van der Waals surface area contributed by atoms with Crippen LogP contribution >= 0.6 is 0 Å². The molecule has 0 atom stereocenters. The largest absolute Gasteiger partial charge is 0.481 e. The molecule has 1 heterocycles. The molecule has 0 bridgehead atoms. The van der Waals surface area contributed by atoms with Crippen molar-refractivity contribution in [2.75, 3.05) is 7.11 Å². The van der Waals surface area contributed by atoms with Gasteiger partial charge in [0.25, 0.3) is 0 Å². The molecule has 0 spiro atoms. The fourth-order valence-electron chi connectivity index (χ4n) is 2.10. The molecule has 1 aromatic heterocycles. The predicted octanol–water partition coefficient (Wildman–Crippen LogP) is 3.99. The lowest BCUT2D eigenvalue weighted by molar-refractivity contribution is 0.402. The molecule has 2 aromatic rings. The fraction of sp³-hybridized carbons (Fsp3) is 0.400. The number of pyridine rings is 1. The molecule has 0 amide bonds. The molecular weight excluding hydrogens is 229 g/mol. The van der Waals surface area contributed by atoms with Crippen LogP contribution in [-0.2, 0) is 5.41 Å². The zero-order valence-corrected chi connectivity index (χ0v) is 11.5. The van der Waals surface area contributed by atoms with Gasteiger partial charge in [0.15, 0.2) is 0 Å². The first-order chi connectivity index (χ1) is 8.34. The molecule has 0 radical (unpaired) electrons. The Balaban J connectivity index is 2.88. The Hall–Kier alpha value is -1.64. The monoisotopic (exact) mass is 247 g/mol. The maximum absolute atomic E-state index is 13.8. The number of methoxy groups -OCH3 is 1. The number of hydrogen-bond donors (Lipinski definition) is 0. The molecule has 0 N–H and O–H groups in total. The van der Waals surface area contributed by atoms with Crippen LogP contribution in [0.2, 0.25) is 0 Å². The van der Waals surface area contributed by atoms with Crippen LogP contribution in [0.1, 0.15) is 31.9 Å². The third-order valence-electron chi connectivity index (χ3n) is 3.13. The third kappa shape index (κ3) is 2.05. The first-order valence-electron chi connectivity index (χ1n) is 5.98. The van der Waals surface area contributed by atoms with Gasteiger partial charge < -0.3 is 4.74 Å². The summed E-state index contributed by atoms with van der Waals surface area (Å²) in [5, 5.41) is 1.74. The Morgan fingerprint density at radius 3 is 2.39 bits per heavy atom. The number of benzene rings is 1. The lowest BCUT2D eigenvalue weighted by Gasteiger charge is -2.21. The molecule has 0 saturated heterocycles. The number of hydrogen-bond acceptors (Lipinski definition) is 2. The van der Waals surface area contributed by atoms with E-state index < -0.39 is 0 Å². The molecule has 3 heteroatoms. The minimum absolute atomic E-state index is 0.0841. The van der Waals surface area contributed by atoms with Gasteiger partial charge in [0.05, 0.1) is 7.11 Å². The van der Waals surface area contributed by atoms with Crippen molar-refractivity contribution in [2.45, 2.75) is 33.1 Å². The van der Waals surface area contributed by atoms with E-state index >= 15 is 0 Å². The standard InChI is InChI=1S/C15H18FNO/c1-9-6-11-10(7-13(9)16)12(15(2,3)4)8-17-14(11)18-5/h6-8H,1-5H3. The molecule has 0 aliphatic carbocycles. The van der Waals surface area contributed by atoms with E-state index in [9.17, 15) is 4.39 Å². The van der Waals surface area contributed by atoms with Gasteiger partial charge in [-0.2, -0.15) is 0 Å². The average molecular weight is 247 g/mol. The Morgan fingerprint density at radius 2 is 1.83 bits per heavy atom. The number of fused-ring (bicyclic) bond motifs is 1. The molecule has 0 fully saturated rings. The van der Waals surface area contributed by atoms with Crippen molar-refractivity contribution in [2.24, 2.45) is 0 Å². The summed E-state index contributed by atoms with van der Waals surface area (Å²) in [6.45, 7) is 8.02. The van der Waals surface area contributed by atoms with Gasteiger partial charge in [-0.15, -0.1) is 0 Å². The van der Waals surface area contributed by atoms with Crippen LogP contribution in [0, 0.1) is 12.7 Å². The molecule has 2 rings (SSSR count). The number of aryl methyl sites for hydroxylation is 1. The summed E-state index contributed by atoms with van der Waals surface area (Å²) in [5.74, 6) is 0.349. The minimum atomic E-state index is -0.193. The fourth-order valence-corrected chi connectivity index (χ4v) is 2.10. The van der Waals surface area contributed by atoms with E-state index in [-0.39, 0.29) is 11.2 Å². The van der Waals surface area contributed by atoms with Gasteiger partial charge in [-0.05, 0) is 41.0 Å². The number of halogens is 1. The van der Waals surface area contributed by atoms with E-state index in [1.165, 1.54) is 0 Å². The molecule has 1 aromatic carbocycles. The topological polar surface area (TPSA) is 22.1 Å². The quantitative estimate of drug-likeness (QED) is 0.760. The summed E-state index contributed by atoms with van der Waals surface area (Å²) in [4.78, 5) is 4.32. The predicted molar refractivity (Wildman–Crippen MR) is 71.7 cm³/mol. The first kappa shape index (κ1) is 12.8.